The Hall–Kier alpha value is -0.650. The summed E-state index contributed by atoms with van der Waals surface area (Å²) < 4.78 is 0. The highest BCUT2D eigenvalue weighted by atomic mass is 16.3. The molecule has 0 bridgehead atoms. The number of carbonyl (C=O) groups excluding carboxylic acids is 1. The van der Waals surface area contributed by atoms with Crippen LogP contribution in [0.2, 0.25) is 0 Å². The summed E-state index contributed by atoms with van der Waals surface area (Å²) in [4.78, 5) is 14.9. The van der Waals surface area contributed by atoms with Gasteiger partial charge in [0.1, 0.15) is 0 Å². The third-order valence-electron chi connectivity index (χ3n) is 4.57. The minimum atomic E-state index is -0.325. The zero-order valence-corrected chi connectivity index (χ0v) is 12.8. The monoisotopic (exact) mass is 283 g/mol. The van der Waals surface area contributed by atoms with Crippen molar-refractivity contribution < 1.29 is 9.90 Å². The van der Waals surface area contributed by atoms with Gasteiger partial charge in [0, 0.05) is 18.2 Å². The molecular weight excluding hydrogens is 254 g/mol. The van der Waals surface area contributed by atoms with E-state index in [1.165, 1.54) is 0 Å². The maximum atomic E-state index is 12.5. The van der Waals surface area contributed by atoms with Crippen LogP contribution in [0.4, 0.5) is 0 Å². The highest BCUT2D eigenvalue weighted by Gasteiger charge is 2.37. The number of likely N-dealkylation sites (tertiary alicyclic amines) is 1. The molecular formula is C15H29N3O2. The number of piperidine rings is 1. The van der Waals surface area contributed by atoms with E-state index in [0.29, 0.717) is 12.5 Å². The Morgan fingerprint density at radius 1 is 1.35 bits per heavy atom. The van der Waals surface area contributed by atoms with Gasteiger partial charge in [-0.2, -0.15) is 0 Å². The molecule has 1 atom stereocenters. The molecule has 0 aromatic rings. The lowest BCUT2D eigenvalue weighted by Gasteiger charge is -2.36. The second-order valence-electron chi connectivity index (χ2n) is 6.72. The molecule has 2 heterocycles. The minimum absolute atomic E-state index is 0.0241. The van der Waals surface area contributed by atoms with E-state index in [1.54, 1.807) is 0 Å². The molecule has 2 saturated heterocycles. The second-order valence-corrected chi connectivity index (χ2v) is 6.72. The van der Waals surface area contributed by atoms with Gasteiger partial charge in [-0.25, -0.2) is 0 Å². The van der Waals surface area contributed by atoms with Gasteiger partial charge < -0.3 is 15.7 Å². The van der Waals surface area contributed by atoms with E-state index in [2.05, 4.69) is 15.5 Å². The molecule has 1 unspecified atom stereocenters. The molecule has 2 fully saturated rings. The van der Waals surface area contributed by atoms with Crippen molar-refractivity contribution in [1.29, 1.82) is 0 Å². The Kier molecular flexibility index (Phi) is 5.41. The Labute approximate surface area is 122 Å². The third kappa shape index (κ3) is 3.93. The number of nitrogens with zero attached hydrogens (tertiary/aromatic N) is 1. The van der Waals surface area contributed by atoms with Crippen LogP contribution in [-0.2, 0) is 4.79 Å². The van der Waals surface area contributed by atoms with Crippen molar-refractivity contribution in [1.82, 2.24) is 15.5 Å². The Morgan fingerprint density at radius 2 is 2.05 bits per heavy atom. The fourth-order valence-electron chi connectivity index (χ4n) is 3.40. The molecule has 2 rings (SSSR count). The van der Waals surface area contributed by atoms with Crippen molar-refractivity contribution in [3.05, 3.63) is 0 Å². The standard InChI is InChI=1S/C15H29N3O2/c1-15(2,7-11-19)17-14(20)13-4-3-10-18(13)12-5-8-16-9-6-12/h12-13,16,19H,3-11H2,1-2H3,(H,17,20). The predicted octanol–water partition coefficient (Wildman–Crippen LogP) is 0.480. The van der Waals surface area contributed by atoms with E-state index in [4.69, 9.17) is 5.11 Å². The molecule has 5 heteroatoms. The lowest BCUT2D eigenvalue weighted by Crippen LogP contribution is -2.54. The van der Waals surface area contributed by atoms with Gasteiger partial charge in [-0.3, -0.25) is 9.69 Å². The summed E-state index contributed by atoms with van der Waals surface area (Å²) in [5.74, 6) is 0.138. The Bertz CT molecular complexity index is 327. The van der Waals surface area contributed by atoms with Gasteiger partial charge in [0.05, 0.1) is 6.04 Å². The van der Waals surface area contributed by atoms with Crippen molar-refractivity contribution in [2.24, 2.45) is 0 Å². The van der Waals surface area contributed by atoms with Crippen molar-refractivity contribution in [3.63, 3.8) is 0 Å². The van der Waals surface area contributed by atoms with E-state index in [1.807, 2.05) is 13.8 Å². The van der Waals surface area contributed by atoms with Crippen LogP contribution in [0, 0.1) is 0 Å². The summed E-state index contributed by atoms with van der Waals surface area (Å²) in [6.07, 6.45) is 4.96. The van der Waals surface area contributed by atoms with Crippen LogP contribution in [0.5, 0.6) is 0 Å². The number of amides is 1. The van der Waals surface area contributed by atoms with Crippen LogP contribution in [-0.4, -0.2) is 59.8 Å². The summed E-state index contributed by atoms with van der Waals surface area (Å²) in [6.45, 7) is 7.23. The van der Waals surface area contributed by atoms with E-state index >= 15 is 0 Å². The lowest BCUT2D eigenvalue weighted by molar-refractivity contribution is -0.128. The normalized spacial score (nSPS) is 25.9. The zero-order chi connectivity index (χ0) is 14.6. The van der Waals surface area contributed by atoms with Gasteiger partial charge in [-0.15, -0.1) is 0 Å². The van der Waals surface area contributed by atoms with E-state index < -0.39 is 0 Å². The van der Waals surface area contributed by atoms with Gasteiger partial charge in [0.2, 0.25) is 5.91 Å². The van der Waals surface area contributed by atoms with Gasteiger partial charge in [0.15, 0.2) is 0 Å². The summed E-state index contributed by atoms with van der Waals surface area (Å²) in [6, 6.07) is 0.575. The van der Waals surface area contributed by atoms with Crippen LogP contribution < -0.4 is 10.6 Å². The molecule has 116 valence electrons. The topological polar surface area (TPSA) is 64.6 Å². The van der Waals surface area contributed by atoms with Gasteiger partial charge >= 0.3 is 0 Å². The molecule has 0 aromatic carbocycles. The van der Waals surface area contributed by atoms with E-state index in [0.717, 1.165) is 45.3 Å². The number of aliphatic hydroxyl groups excluding tert-OH is 1. The summed E-state index contributed by atoms with van der Waals surface area (Å²) in [5.41, 5.74) is -0.325. The van der Waals surface area contributed by atoms with Crippen LogP contribution in [0.3, 0.4) is 0 Å². The maximum absolute atomic E-state index is 12.5. The molecule has 0 saturated carbocycles. The first kappa shape index (κ1) is 15.7. The van der Waals surface area contributed by atoms with Gasteiger partial charge in [-0.1, -0.05) is 0 Å². The van der Waals surface area contributed by atoms with Crippen LogP contribution in [0.1, 0.15) is 46.0 Å². The number of carbonyl (C=O) groups is 1. The molecule has 3 N–H and O–H groups in total. The Morgan fingerprint density at radius 3 is 2.70 bits per heavy atom. The highest BCUT2D eigenvalue weighted by molar-refractivity contribution is 5.82. The van der Waals surface area contributed by atoms with Gasteiger partial charge in [-0.05, 0) is 65.6 Å². The van der Waals surface area contributed by atoms with Crippen LogP contribution in [0.15, 0.2) is 0 Å². The minimum Gasteiger partial charge on any atom is -0.396 e. The fraction of sp³-hybridized carbons (Fsp3) is 0.933. The van der Waals surface area contributed by atoms with Crippen molar-refractivity contribution in [3.8, 4) is 0 Å². The first-order valence-corrected chi connectivity index (χ1v) is 7.93. The Balaban J connectivity index is 1.93. The molecule has 20 heavy (non-hydrogen) atoms. The largest absolute Gasteiger partial charge is 0.396 e. The maximum Gasteiger partial charge on any atom is 0.237 e. The SMILES string of the molecule is CC(C)(CCO)NC(=O)C1CCCN1C1CCNCC1. The molecule has 0 aliphatic carbocycles. The molecule has 2 aliphatic rings. The zero-order valence-electron chi connectivity index (χ0n) is 12.8. The number of rotatable bonds is 5. The van der Waals surface area contributed by atoms with Gasteiger partial charge in [0.25, 0.3) is 0 Å². The average Bonchev–Trinajstić information content (AvgIpc) is 2.88. The second kappa shape index (κ2) is 6.87. The van der Waals surface area contributed by atoms with Crippen LogP contribution >= 0.6 is 0 Å². The molecule has 1 amide bonds. The first-order valence-electron chi connectivity index (χ1n) is 7.93. The summed E-state index contributed by atoms with van der Waals surface area (Å²) >= 11 is 0. The molecule has 0 spiro atoms. The molecule has 0 aromatic heterocycles. The predicted molar refractivity (Wildman–Crippen MR) is 79.5 cm³/mol. The molecule has 0 radical (unpaired) electrons. The first-order chi connectivity index (χ1) is 9.53. The average molecular weight is 283 g/mol. The number of hydrogen-bond donors (Lipinski definition) is 3. The summed E-state index contributed by atoms with van der Waals surface area (Å²) in [5, 5.41) is 15.6. The quantitative estimate of drug-likeness (QED) is 0.687. The van der Waals surface area contributed by atoms with E-state index in [9.17, 15) is 4.79 Å². The summed E-state index contributed by atoms with van der Waals surface area (Å²) in [7, 11) is 0. The fourth-order valence-corrected chi connectivity index (χ4v) is 3.40. The van der Waals surface area contributed by atoms with E-state index in [-0.39, 0.29) is 24.1 Å². The molecule has 5 nitrogen and oxygen atoms in total. The third-order valence-corrected chi connectivity index (χ3v) is 4.57. The van der Waals surface area contributed by atoms with Crippen molar-refractivity contribution in [2.75, 3.05) is 26.2 Å². The van der Waals surface area contributed by atoms with Crippen LogP contribution in [0.25, 0.3) is 0 Å². The van der Waals surface area contributed by atoms with Crippen molar-refractivity contribution >= 4 is 5.91 Å². The smallest absolute Gasteiger partial charge is 0.237 e. The molecule has 2 aliphatic heterocycles. The number of hydrogen-bond acceptors (Lipinski definition) is 4. The highest BCUT2D eigenvalue weighted by Crippen LogP contribution is 2.25. The number of aliphatic hydroxyl groups is 1. The number of nitrogens with one attached hydrogen (secondary N) is 2. The lowest BCUT2D eigenvalue weighted by atomic mass is 9.99. The van der Waals surface area contributed by atoms with Crippen molar-refractivity contribution in [2.45, 2.75) is 63.6 Å².